The second kappa shape index (κ2) is 6.59. The van der Waals surface area contributed by atoms with E-state index in [0.717, 1.165) is 29.2 Å². The van der Waals surface area contributed by atoms with Gasteiger partial charge in [-0.05, 0) is 43.8 Å². The minimum atomic E-state index is -0.220. The third-order valence-electron chi connectivity index (χ3n) is 2.82. The van der Waals surface area contributed by atoms with Crippen molar-refractivity contribution in [3.63, 3.8) is 0 Å². The molecule has 0 spiro atoms. The molecule has 0 aliphatic rings. The van der Waals surface area contributed by atoms with Crippen LogP contribution in [0.5, 0.6) is 0 Å². The van der Waals surface area contributed by atoms with E-state index in [9.17, 15) is 4.39 Å². The zero-order valence-electron chi connectivity index (χ0n) is 11.1. The summed E-state index contributed by atoms with van der Waals surface area (Å²) >= 11 is 1.58. The highest BCUT2D eigenvalue weighted by atomic mass is 32.1. The molecule has 0 amide bonds. The van der Waals surface area contributed by atoms with Gasteiger partial charge in [0.1, 0.15) is 10.8 Å². The maximum atomic E-state index is 12.9. The van der Waals surface area contributed by atoms with E-state index in [-0.39, 0.29) is 5.82 Å². The highest BCUT2D eigenvalue weighted by Crippen LogP contribution is 2.25. The smallest absolute Gasteiger partial charge is 0.124 e. The summed E-state index contributed by atoms with van der Waals surface area (Å²) in [5, 5.41) is 6.10. The molecule has 0 saturated carbocycles. The fourth-order valence-electron chi connectivity index (χ4n) is 1.79. The summed E-state index contributed by atoms with van der Waals surface area (Å²) in [6, 6.07) is 6.45. The normalized spacial score (nSPS) is 11.8. The van der Waals surface area contributed by atoms with Gasteiger partial charge >= 0.3 is 0 Å². The summed E-state index contributed by atoms with van der Waals surface area (Å²) in [7, 11) is 1.94. The molecule has 1 N–H and O–H groups in total. The van der Waals surface area contributed by atoms with Crippen LogP contribution in [0.3, 0.4) is 0 Å². The van der Waals surface area contributed by atoms with Crippen LogP contribution in [-0.4, -0.2) is 18.6 Å². The molecule has 1 aromatic carbocycles. The molecular formula is C15H17FN2S. The van der Waals surface area contributed by atoms with Crippen molar-refractivity contribution in [3.05, 3.63) is 46.7 Å². The lowest BCUT2D eigenvalue weighted by atomic mass is 10.1. The van der Waals surface area contributed by atoms with Crippen molar-refractivity contribution < 1.29 is 4.39 Å². The van der Waals surface area contributed by atoms with E-state index in [1.165, 1.54) is 17.7 Å². The third kappa shape index (κ3) is 3.72. The van der Waals surface area contributed by atoms with Crippen molar-refractivity contribution in [2.45, 2.75) is 13.3 Å². The van der Waals surface area contributed by atoms with Crippen LogP contribution in [0.25, 0.3) is 16.6 Å². The first-order chi connectivity index (χ1) is 9.22. The van der Waals surface area contributed by atoms with Crippen LogP contribution in [0.2, 0.25) is 0 Å². The molecule has 0 bridgehead atoms. The molecule has 0 radical (unpaired) electrons. The Morgan fingerprint density at radius 2 is 2.11 bits per heavy atom. The minimum Gasteiger partial charge on any atom is -0.316 e. The van der Waals surface area contributed by atoms with E-state index >= 15 is 0 Å². The van der Waals surface area contributed by atoms with E-state index in [1.807, 2.05) is 12.4 Å². The summed E-state index contributed by atoms with van der Waals surface area (Å²) < 4.78 is 12.9. The Bertz CT molecular complexity index is 558. The number of aromatic nitrogens is 1. The van der Waals surface area contributed by atoms with Gasteiger partial charge in [0.2, 0.25) is 0 Å². The Hall–Kier alpha value is -1.52. The van der Waals surface area contributed by atoms with Crippen LogP contribution in [0.15, 0.2) is 35.2 Å². The molecule has 2 nitrogen and oxygen atoms in total. The van der Waals surface area contributed by atoms with E-state index in [0.29, 0.717) is 0 Å². The number of halogens is 1. The number of nitrogens with zero attached hydrogens (tertiary/aromatic N) is 1. The molecule has 4 heteroatoms. The third-order valence-corrected chi connectivity index (χ3v) is 3.73. The SMILES string of the molecule is CCC(=Cc1csc(-c2ccc(F)cc2)n1)CNC. The van der Waals surface area contributed by atoms with Crippen molar-refractivity contribution in [3.8, 4) is 10.6 Å². The number of thiazole rings is 1. The summed E-state index contributed by atoms with van der Waals surface area (Å²) in [5.74, 6) is -0.220. The van der Waals surface area contributed by atoms with Gasteiger partial charge in [-0.25, -0.2) is 9.37 Å². The Kier molecular flexibility index (Phi) is 4.82. The first-order valence-corrected chi connectivity index (χ1v) is 7.16. The zero-order valence-corrected chi connectivity index (χ0v) is 11.9. The summed E-state index contributed by atoms with van der Waals surface area (Å²) in [6.45, 7) is 3.01. The Labute approximate surface area is 117 Å². The van der Waals surface area contributed by atoms with Gasteiger partial charge in [-0.1, -0.05) is 12.5 Å². The first-order valence-electron chi connectivity index (χ1n) is 6.28. The molecular weight excluding hydrogens is 259 g/mol. The predicted molar refractivity (Wildman–Crippen MR) is 79.7 cm³/mol. The number of rotatable bonds is 5. The van der Waals surface area contributed by atoms with Gasteiger partial charge < -0.3 is 5.32 Å². The summed E-state index contributed by atoms with van der Waals surface area (Å²) in [6.07, 6.45) is 3.12. The van der Waals surface area contributed by atoms with Gasteiger partial charge in [-0.2, -0.15) is 0 Å². The molecule has 0 aliphatic carbocycles. The maximum absolute atomic E-state index is 12.9. The second-order valence-corrected chi connectivity index (χ2v) is 5.13. The molecule has 1 heterocycles. The van der Waals surface area contributed by atoms with E-state index in [1.54, 1.807) is 23.5 Å². The van der Waals surface area contributed by atoms with Gasteiger partial charge in [0.15, 0.2) is 0 Å². The Morgan fingerprint density at radius 3 is 2.74 bits per heavy atom. The number of hydrogen-bond donors (Lipinski definition) is 1. The number of likely N-dealkylation sites (N-methyl/N-ethyl adjacent to an activating group) is 1. The van der Waals surface area contributed by atoms with Crippen molar-refractivity contribution in [1.82, 2.24) is 10.3 Å². The van der Waals surface area contributed by atoms with Crippen LogP contribution in [0.4, 0.5) is 4.39 Å². The average molecular weight is 276 g/mol. The van der Waals surface area contributed by atoms with Gasteiger partial charge in [0, 0.05) is 17.5 Å². The number of benzene rings is 1. The molecule has 100 valence electrons. The zero-order chi connectivity index (χ0) is 13.7. The first kappa shape index (κ1) is 13.9. The van der Waals surface area contributed by atoms with Crippen molar-refractivity contribution in [1.29, 1.82) is 0 Å². The summed E-state index contributed by atoms with van der Waals surface area (Å²) in [4.78, 5) is 4.57. The van der Waals surface area contributed by atoms with Crippen molar-refractivity contribution in [2.24, 2.45) is 0 Å². The number of nitrogens with one attached hydrogen (secondary N) is 1. The molecule has 1 aromatic heterocycles. The number of hydrogen-bond acceptors (Lipinski definition) is 3. The topological polar surface area (TPSA) is 24.9 Å². The predicted octanol–water partition coefficient (Wildman–Crippen LogP) is 3.96. The molecule has 0 fully saturated rings. The van der Waals surface area contributed by atoms with Crippen molar-refractivity contribution in [2.75, 3.05) is 13.6 Å². The fourth-order valence-corrected chi connectivity index (χ4v) is 2.58. The van der Waals surface area contributed by atoms with Crippen molar-refractivity contribution >= 4 is 17.4 Å². The highest BCUT2D eigenvalue weighted by molar-refractivity contribution is 7.13. The molecule has 0 atom stereocenters. The van der Waals surface area contributed by atoms with Crippen LogP contribution in [0.1, 0.15) is 19.0 Å². The van der Waals surface area contributed by atoms with Gasteiger partial charge in [-0.15, -0.1) is 11.3 Å². The minimum absolute atomic E-state index is 0.220. The van der Waals surface area contributed by atoms with Crippen LogP contribution in [0, 0.1) is 5.82 Å². The molecule has 0 saturated heterocycles. The summed E-state index contributed by atoms with van der Waals surface area (Å²) in [5.41, 5.74) is 3.24. The van der Waals surface area contributed by atoms with Crippen LogP contribution in [-0.2, 0) is 0 Å². The molecule has 0 unspecified atom stereocenters. The lowest BCUT2D eigenvalue weighted by Crippen LogP contribution is -2.09. The van der Waals surface area contributed by atoms with Gasteiger partial charge in [-0.3, -0.25) is 0 Å². The van der Waals surface area contributed by atoms with E-state index in [2.05, 4.69) is 23.3 Å². The average Bonchev–Trinajstić information content (AvgIpc) is 2.87. The van der Waals surface area contributed by atoms with Crippen LogP contribution < -0.4 is 5.32 Å². The monoisotopic (exact) mass is 276 g/mol. The lowest BCUT2D eigenvalue weighted by Gasteiger charge is -2.01. The molecule has 0 aliphatic heterocycles. The molecule has 19 heavy (non-hydrogen) atoms. The molecule has 2 aromatic rings. The highest BCUT2D eigenvalue weighted by Gasteiger charge is 2.04. The molecule has 2 rings (SSSR count). The second-order valence-electron chi connectivity index (χ2n) is 4.27. The lowest BCUT2D eigenvalue weighted by molar-refractivity contribution is 0.628. The maximum Gasteiger partial charge on any atom is 0.124 e. The Balaban J connectivity index is 2.21. The van der Waals surface area contributed by atoms with Gasteiger partial charge in [0.25, 0.3) is 0 Å². The van der Waals surface area contributed by atoms with E-state index in [4.69, 9.17) is 0 Å². The quantitative estimate of drug-likeness (QED) is 0.894. The largest absolute Gasteiger partial charge is 0.316 e. The Morgan fingerprint density at radius 1 is 1.37 bits per heavy atom. The van der Waals surface area contributed by atoms with E-state index < -0.39 is 0 Å². The van der Waals surface area contributed by atoms with Gasteiger partial charge in [0.05, 0.1) is 5.69 Å². The fraction of sp³-hybridized carbons (Fsp3) is 0.267. The van der Waals surface area contributed by atoms with Crippen LogP contribution >= 0.6 is 11.3 Å². The standard InChI is InChI=1S/C15H17FN2S/c1-3-11(9-17-2)8-14-10-19-15(18-14)12-4-6-13(16)7-5-12/h4-8,10,17H,3,9H2,1-2H3.